The molecule has 1 aromatic carbocycles. The predicted molar refractivity (Wildman–Crippen MR) is 98.8 cm³/mol. The molecule has 0 amide bonds. The van der Waals surface area contributed by atoms with Crippen LogP contribution in [-0.4, -0.2) is 64.3 Å². The van der Waals surface area contributed by atoms with Crippen LogP contribution in [0.15, 0.2) is 35.5 Å². The van der Waals surface area contributed by atoms with Crippen LogP contribution < -0.4 is 5.32 Å². The third-order valence-corrected chi connectivity index (χ3v) is 4.71. The van der Waals surface area contributed by atoms with Crippen molar-refractivity contribution >= 4 is 11.8 Å². The van der Waals surface area contributed by atoms with Gasteiger partial charge >= 0.3 is 0 Å². The van der Waals surface area contributed by atoms with E-state index < -0.39 is 0 Å². The molecule has 0 fully saturated rings. The minimum atomic E-state index is 0.163. The van der Waals surface area contributed by atoms with E-state index in [0.29, 0.717) is 6.54 Å². The highest BCUT2D eigenvalue weighted by Crippen LogP contribution is 2.28. The Hall–Kier alpha value is -1.41. The Bertz CT molecular complexity index is 602. The number of aliphatic hydroxyl groups is 1. The molecule has 0 bridgehead atoms. The normalized spacial score (nSPS) is 12.7. The van der Waals surface area contributed by atoms with Crippen molar-refractivity contribution < 1.29 is 5.11 Å². The van der Waals surface area contributed by atoms with Gasteiger partial charge in [0.1, 0.15) is 0 Å². The molecular formula is C17H27N5OS. The highest BCUT2D eigenvalue weighted by Gasteiger charge is 2.22. The van der Waals surface area contributed by atoms with Crippen LogP contribution in [0.3, 0.4) is 0 Å². The van der Waals surface area contributed by atoms with Gasteiger partial charge in [0, 0.05) is 24.5 Å². The first-order valence-corrected chi connectivity index (χ1v) is 9.29. The summed E-state index contributed by atoms with van der Waals surface area (Å²) in [6.45, 7) is 3.78. The molecule has 2 aromatic rings. The van der Waals surface area contributed by atoms with Crippen LogP contribution in [0.1, 0.15) is 25.2 Å². The third kappa shape index (κ3) is 4.80. The molecule has 2 rings (SSSR count). The third-order valence-electron chi connectivity index (χ3n) is 3.78. The summed E-state index contributed by atoms with van der Waals surface area (Å²) >= 11 is 1.68. The number of aromatic nitrogens is 3. The minimum absolute atomic E-state index is 0.163. The number of hydrogen-bond acceptors (Lipinski definition) is 6. The molecule has 7 heteroatoms. The number of hydrogen-bond donors (Lipinski definition) is 2. The Labute approximate surface area is 148 Å². The van der Waals surface area contributed by atoms with Gasteiger partial charge in [0.15, 0.2) is 11.0 Å². The lowest BCUT2D eigenvalue weighted by atomic mass is 10.2. The molecule has 0 saturated carbocycles. The SMILES string of the molecule is CC[C@@H](c1nnc(SCCNCCO)n1-c1ccccc1)N(C)C. The average molecular weight is 350 g/mol. The van der Waals surface area contributed by atoms with E-state index in [4.69, 9.17) is 5.11 Å². The Balaban J connectivity index is 2.26. The second-order valence-corrected chi connectivity index (χ2v) is 6.78. The number of nitrogens with zero attached hydrogens (tertiary/aromatic N) is 4. The summed E-state index contributed by atoms with van der Waals surface area (Å²) in [6.07, 6.45) is 0.973. The smallest absolute Gasteiger partial charge is 0.195 e. The van der Waals surface area contributed by atoms with E-state index in [1.165, 1.54) is 0 Å². The van der Waals surface area contributed by atoms with Crippen molar-refractivity contribution in [2.24, 2.45) is 0 Å². The fourth-order valence-electron chi connectivity index (χ4n) is 2.61. The lowest BCUT2D eigenvalue weighted by molar-refractivity contribution is 0.276. The van der Waals surface area contributed by atoms with Crippen molar-refractivity contribution in [2.75, 3.05) is 39.5 Å². The van der Waals surface area contributed by atoms with Gasteiger partial charge in [-0.25, -0.2) is 0 Å². The molecule has 24 heavy (non-hydrogen) atoms. The number of thioether (sulfide) groups is 1. The molecule has 0 radical (unpaired) electrons. The van der Waals surface area contributed by atoms with Crippen LogP contribution in [0.4, 0.5) is 0 Å². The van der Waals surface area contributed by atoms with Crippen LogP contribution in [0, 0.1) is 0 Å². The molecule has 0 unspecified atom stereocenters. The topological polar surface area (TPSA) is 66.2 Å². The van der Waals surface area contributed by atoms with Crippen LogP contribution in [0.2, 0.25) is 0 Å². The summed E-state index contributed by atoms with van der Waals surface area (Å²) in [5, 5.41) is 21.8. The van der Waals surface area contributed by atoms with Gasteiger partial charge in [-0.3, -0.25) is 9.47 Å². The zero-order valence-electron chi connectivity index (χ0n) is 14.6. The summed E-state index contributed by atoms with van der Waals surface area (Å²) in [5.74, 6) is 1.85. The van der Waals surface area contributed by atoms with E-state index in [0.717, 1.165) is 35.4 Å². The summed E-state index contributed by atoms with van der Waals surface area (Å²) in [4.78, 5) is 2.18. The number of benzene rings is 1. The van der Waals surface area contributed by atoms with Gasteiger partial charge in [-0.05, 0) is 32.6 Å². The lowest BCUT2D eigenvalue weighted by Crippen LogP contribution is -2.23. The lowest BCUT2D eigenvalue weighted by Gasteiger charge is -2.23. The predicted octanol–water partition coefficient (Wildman–Crippen LogP) is 1.95. The highest BCUT2D eigenvalue weighted by molar-refractivity contribution is 7.99. The van der Waals surface area contributed by atoms with Crippen molar-refractivity contribution in [3.63, 3.8) is 0 Å². The van der Waals surface area contributed by atoms with Crippen molar-refractivity contribution in [2.45, 2.75) is 24.5 Å². The zero-order valence-corrected chi connectivity index (χ0v) is 15.5. The molecule has 1 heterocycles. The first-order chi connectivity index (χ1) is 11.7. The van der Waals surface area contributed by atoms with Gasteiger partial charge in [0.25, 0.3) is 0 Å². The zero-order chi connectivity index (χ0) is 17.4. The molecule has 2 N–H and O–H groups in total. The van der Waals surface area contributed by atoms with Gasteiger partial charge in [-0.1, -0.05) is 36.9 Å². The Morgan fingerprint density at radius 2 is 1.96 bits per heavy atom. The number of nitrogens with one attached hydrogen (secondary N) is 1. The van der Waals surface area contributed by atoms with Crippen molar-refractivity contribution in [3.05, 3.63) is 36.2 Å². The maximum atomic E-state index is 8.82. The van der Waals surface area contributed by atoms with E-state index in [-0.39, 0.29) is 12.6 Å². The van der Waals surface area contributed by atoms with Gasteiger partial charge in [-0.15, -0.1) is 10.2 Å². The molecule has 0 aliphatic rings. The molecule has 0 aliphatic carbocycles. The Kier molecular flexibility index (Phi) is 7.71. The largest absolute Gasteiger partial charge is 0.395 e. The Morgan fingerprint density at radius 1 is 1.21 bits per heavy atom. The van der Waals surface area contributed by atoms with Gasteiger partial charge in [-0.2, -0.15) is 0 Å². The Morgan fingerprint density at radius 3 is 2.58 bits per heavy atom. The second-order valence-electron chi connectivity index (χ2n) is 5.72. The van der Waals surface area contributed by atoms with Crippen molar-refractivity contribution in [1.29, 1.82) is 0 Å². The average Bonchev–Trinajstić information content (AvgIpc) is 2.99. The fraction of sp³-hybridized carbons (Fsp3) is 0.529. The van der Waals surface area contributed by atoms with Gasteiger partial charge in [0.2, 0.25) is 0 Å². The molecule has 0 aliphatic heterocycles. The molecule has 0 spiro atoms. The van der Waals surface area contributed by atoms with E-state index in [2.05, 4.69) is 58.1 Å². The number of aliphatic hydroxyl groups excluding tert-OH is 1. The summed E-state index contributed by atoms with van der Waals surface area (Å²) in [5.41, 5.74) is 1.09. The maximum Gasteiger partial charge on any atom is 0.195 e. The van der Waals surface area contributed by atoms with E-state index in [9.17, 15) is 0 Å². The molecule has 0 saturated heterocycles. The van der Waals surface area contributed by atoms with E-state index >= 15 is 0 Å². The minimum Gasteiger partial charge on any atom is -0.395 e. The maximum absolute atomic E-state index is 8.82. The van der Waals surface area contributed by atoms with Crippen LogP contribution in [0.5, 0.6) is 0 Å². The molecule has 132 valence electrons. The summed E-state index contributed by atoms with van der Waals surface area (Å²) < 4.78 is 2.16. The monoisotopic (exact) mass is 349 g/mol. The summed E-state index contributed by atoms with van der Waals surface area (Å²) in [7, 11) is 4.15. The molecule has 1 aromatic heterocycles. The highest BCUT2D eigenvalue weighted by atomic mass is 32.2. The molecule has 1 atom stereocenters. The first-order valence-electron chi connectivity index (χ1n) is 8.30. The van der Waals surface area contributed by atoms with E-state index in [1.807, 2.05) is 18.2 Å². The summed E-state index contributed by atoms with van der Waals surface area (Å²) in [6, 6.07) is 10.5. The molecular weight excluding hydrogens is 322 g/mol. The van der Waals surface area contributed by atoms with E-state index in [1.54, 1.807) is 11.8 Å². The van der Waals surface area contributed by atoms with Gasteiger partial charge < -0.3 is 10.4 Å². The van der Waals surface area contributed by atoms with Crippen LogP contribution >= 0.6 is 11.8 Å². The number of para-hydroxylation sites is 1. The van der Waals surface area contributed by atoms with Crippen molar-refractivity contribution in [3.8, 4) is 5.69 Å². The van der Waals surface area contributed by atoms with Gasteiger partial charge in [0.05, 0.1) is 12.6 Å². The number of rotatable bonds is 10. The second kappa shape index (κ2) is 9.78. The van der Waals surface area contributed by atoms with Crippen molar-refractivity contribution in [1.82, 2.24) is 25.0 Å². The first kappa shape index (κ1) is 18.9. The van der Waals surface area contributed by atoms with Crippen LogP contribution in [0.25, 0.3) is 5.69 Å². The fourth-order valence-corrected chi connectivity index (χ4v) is 3.46. The standard InChI is InChI=1S/C17H27N5OS/c1-4-15(21(2)3)16-19-20-17(24-13-11-18-10-12-23)22(16)14-8-6-5-7-9-14/h5-9,15,18,23H,4,10-13H2,1-3H3/t15-/m0/s1. The van der Waals surface area contributed by atoms with Crippen LogP contribution in [-0.2, 0) is 0 Å². The quantitative estimate of drug-likeness (QED) is 0.505. The molecule has 6 nitrogen and oxygen atoms in total.